The largest absolute Gasteiger partial charge is 0.469 e. The van der Waals surface area contributed by atoms with E-state index in [1.165, 1.54) is 0 Å². The van der Waals surface area contributed by atoms with Crippen LogP contribution in [0.15, 0.2) is 33.5 Å². The fourth-order valence-electron chi connectivity index (χ4n) is 2.18. The first-order valence-corrected chi connectivity index (χ1v) is 7.46. The second kappa shape index (κ2) is 6.31. The third-order valence-corrected chi connectivity index (χ3v) is 3.70. The molecule has 0 bridgehead atoms. The number of amides is 1. The molecule has 108 valence electrons. The smallest absolute Gasteiger partial charge is 0.270 e. The second-order valence-electron chi connectivity index (χ2n) is 4.90. The highest BCUT2D eigenvalue weighted by atomic mass is 79.9. The van der Waals surface area contributed by atoms with Crippen LogP contribution >= 0.6 is 15.9 Å². The van der Waals surface area contributed by atoms with Crippen molar-refractivity contribution in [2.24, 2.45) is 0 Å². The van der Waals surface area contributed by atoms with Crippen molar-refractivity contribution in [1.29, 1.82) is 0 Å². The molecular formula is C15H19BrN2O2. The van der Waals surface area contributed by atoms with Crippen LogP contribution in [0.1, 0.15) is 35.2 Å². The van der Waals surface area contributed by atoms with E-state index in [1.807, 2.05) is 36.9 Å². The number of rotatable bonds is 5. The van der Waals surface area contributed by atoms with Crippen LogP contribution in [-0.4, -0.2) is 22.4 Å². The standard InChI is InChI=1S/C15H19BrN2O2/c1-4-6-18-10-13(16)8-14(18)15(19)17(3)9-12-5-7-20-11(12)2/h5,7-8,10H,4,6,9H2,1-3H3. The molecule has 2 heterocycles. The second-order valence-corrected chi connectivity index (χ2v) is 5.82. The summed E-state index contributed by atoms with van der Waals surface area (Å²) in [5, 5.41) is 0. The van der Waals surface area contributed by atoms with E-state index in [0.29, 0.717) is 12.2 Å². The highest BCUT2D eigenvalue weighted by Crippen LogP contribution is 2.18. The third-order valence-electron chi connectivity index (χ3n) is 3.27. The Morgan fingerprint density at radius 2 is 2.25 bits per heavy atom. The fraction of sp³-hybridized carbons (Fsp3) is 0.400. The zero-order chi connectivity index (χ0) is 14.7. The number of aryl methyl sites for hydroxylation is 2. The van der Waals surface area contributed by atoms with E-state index in [2.05, 4.69) is 22.9 Å². The van der Waals surface area contributed by atoms with Crippen LogP contribution in [0.25, 0.3) is 0 Å². The Balaban J connectivity index is 2.16. The van der Waals surface area contributed by atoms with Crippen molar-refractivity contribution in [3.05, 3.63) is 46.1 Å². The number of halogens is 1. The molecule has 2 aromatic rings. The first-order chi connectivity index (χ1) is 9.52. The molecule has 0 radical (unpaired) electrons. The Bertz CT molecular complexity index is 601. The minimum absolute atomic E-state index is 0.0183. The van der Waals surface area contributed by atoms with Crippen molar-refractivity contribution >= 4 is 21.8 Å². The lowest BCUT2D eigenvalue weighted by Gasteiger charge is -2.18. The Hall–Kier alpha value is -1.49. The predicted octanol–water partition coefficient (Wildman–Crippen LogP) is 3.83. The van der Waals surface area contributed by atoms with Crippen LogP contribution in [0.3, 0.4) is 0 Å². The maximum atomic E-state index is 12.5. The third kappa shape index (κ3) is 3.15. The van der Waals surface area contributed by atoms with Gasteiger partial charge in [0.05, 0.1) is 6.26 Å². The Morgan fingerprint density at radius 1 is 1.50 bits per heavy atom. The summed E-state index contributed by atoms with van der Waals surface area (Å²) in [5.74, 6) is 0.875. The van der Waals surface area contributed by atoms with E-state index in [0.717, 1.165) is 28.8 Å². The summed E-state index contributed by atoms with van der Waals surface area (Å²) < 4.78 is 8.19. The number of furan rings is 1. The van der Waals surface area contributed by atoms with Crippen molar-refractivity contribution in [1.82, 2.24) is 9.47 Å². The molecule has 0 spiro atoms. The zero-order valence-electron chi connectivity index (χ0n) is 12.0. The van der Waals surface area contributed by atoms with Crippen LogP contribution in [0.2, 0.25) is 0 Å². The normalized spacial score (nSPS) is 10.8. The lowest BCUT2D eigenvalue weighted by Crippen LogP contribution is -2.28. The number of hydrogen-bond donors (Lipinski definition) is 0. The van der Waals surface area contributed by atoms with Gasteiger partial charge in [-0.15, -0.1) is 0 Å². The molecule has 0 fully saturated rings. The molecule has 2 aromatic heterocycles. The van der Waals surface area contributed by atoms with Gasteiger partial charge in [0.1, 0.15) is 11.5 Å². The van der Waals surface area contributed by atoms with Gasteiger partial charge in [0.15, 0.2) is 0 Å². The van der Waals surface area contributed by atoms with Crippen molar-refractivity contribution < 1.29 is 9.21 Å². The average Bonchev–Trinajstić information content (AvgIpc) is 2.96. The van der Waals surface area contributed by atoms with Gasteiger partial charge in [0.2, 0.25) is 0 Å². The Labute approximate surface area is 127 Å². The molecule has 0 aliphatic rings. The van der Waals surface area contributed by atoms with Gasteiger partial charge in [0.25, 0.3) is 5.91 Å². The number of carbonyl (C=O) groups excluding carboxylic acids is 1. The molecule has 0 atom stereocenters. The summed E-state index contributed by atoms with van der Waals surface area (Å²) in [6, 6.07) is 3.77. The summed E-state index contributed by atoms with van der Waals surface area (Å²) >= 11 is 3.44. The summed E-state index contributed by atoms with van der Waals surface area (Å²) in [7, 11) is 1.81. The monoisotopic (exact) mass is 338 g/mol. The van der Waals surface area contributed by atoms with E-state index in [9.17, 15) is 4.79 Å². The van der Waals surface area contributed by atoms with E-state index >= 15 is 0 Å². The first-order valence-electron chi connectivity index (χ1n) is 6.67. The minimum atomic E-state index is 0.0183. The Kier molecular flexibility index (Phi) is 4.70. The SMILES string of the molecule is CCCn1cc(Br)cc1C(=O)N(C)Cc1ccoc1C. The molecule has 4 nitrogen and oxygen atoms in total. The van der Waals surface area contributed by atoms with Crippen LogP contribution < -0.4 is 0 Å². The van der Waals surface area contributed by atoms with Gasteiger partial charge < -0.3 is 13.9 Å². The molecule has 0 aromatic carbocycles. The first kappa shape index (κ1) is 14.9. The van der Waals surface area contributed by atoms with Gasteiger partial charge in [-0.3, -0.25) is 4.79 Å². The van der Waals surface area contributed by atoms with E-state index < -0.39 is 0 Å². The lowest BCUT2D eigenvalue weighted by molar-refractivity contribution is 0.0774. The molecule has 2 rings (SSSR count). The molecular weight excluding hydrogens is 320 g/mol. The highest BCUT2D eigenvalue weighted by molar-refractivity contribution is 9.10. The molecule has 0 saturated heterocycles. The number of aromatic nitrogens is 1. The average molecular weight is 339 g/mol. The fourth-order valence-corrected chi connectivity index (χ4v) is 2.64. The number of carbonyl (C=O) groups is 1. The van der Waals surface area contributed by atoms with Gasteiger partial charge in [-0.25, -0.2) is 0 Å². The highest BCUT2D eigenvalue weighted by Gasteiger charge is 2.18. The molecule has 20 heavy (non-hydrogen) atoms. The molecule has 0 N–H and O–H groups in total. The summed E-state index contributed by atoms with van der Waals surface area (Å²) in [6.07, 6.45) is 4.60. The number of hydrogen-bond acceptors (Lipinski definition) is 2. The van der Waals surface area contributed by atoms with Gasteiger partial charge in [-0.2, -0.15) is 0 Å². The Morgan fingerprint density at radius 3 is 2.85 bits per heavy atom. The summed E-state index contributed by atoms with van der Waals surface area (Å²) in [5.41, 5.74) is 1.75. The predicted molar refractivity (Wildman–Crippen MR) is 81.7 cm³/mol. The van der Waals surface area contributed by atoms with Crippen molar-refractivity contribution in [2.45, 2.75) is 33.4 Å². The quantitative estimate of drug-likeness (QED) is 0.830. The lowest BCUT2D eigenvalue weighted by atomic mass is 10.2. The van der Waals surface area contributed by atoms with Gasteiger partial charge in [-0.1, -0.05) is 6.92 Å². The minimum Gasteiger partial charge on any atom is -0.469 e. The van der Waals surface area contributed by atoms with Gasteiger partial charge >= 0.3 is 0 Å². The molecule has 5 heteroatoms. The summed E-state index contributed by atoms with van der Waals surface area (Å²) in [6.45, 7) is 5.39. The molecule has 0 aliphatic carbocycles. The maximum Gasteiger partial charge on any atom is 0.270 e. The van der Waals surface area contributed by atoms with Gasteiger partial charge in [-0.05, 0) is 41.4 Å². The van der Waals surface area contributed by atoms with Crippen molar-refractivity contribution in [2.75, 3.05) is 7.05 Å². The summed E-state index contributed by atoms with van der Waals surface area (Å²) in [4.78, 5) is 14.3. The zero-order valence-corrected chi connectivity index (χ0v) is 13.6. The van der Waals surface area contributed by atoms with Crippen molar-refractivity contribution in [3.8, 4) is 0 Å². The molecule has 1 amide bonds. The molecule has 0 saturated carbocycles. The van der Waals surface area contributed by atoms with Crippen molar-refractivity contribution in [3.63, 3.8) is 0 Å². The number of nitrogens with zero attached hydrogens (tertiary/aromatic N) is 2. The van der Waals surface area contributed by atoms with Crippen LogP contribution in [-0.2, 0) is 13.1 Å². The van der Waals surface area contributed by atoms with E-state index in [1.54, 1.807) is 11.2 Å². The van der Waals surface area contributed by atoms with Crippen LogP contribution in [0, 0.1) is 6.92 Å². The molecule has 0 unspecified atom stereocenters. The maximum absolute atomic E-state index is 12.5. The van der Waals surface area contributed by atoms with Gasteiger partial charge in [0, 0.05) is 36.4 Å². The van der Waals surface area contributed by atoms with E-state index in [-0.39, 0.29) is 5.91 Å². The van der Waals surface area contributed by atoms with E-state index in [4.69, 9.17) is 4.42 Å². The van der Waals surface area contributed by atoms with Crippen LogP contribution in [0.5, 0.6) is 0 Å². The molecule has 0 aliphatic heterocycles. The van der Waals surface area contributed by atoms with Crippen LogP contribution in [0.4, 0.5) is 0 Å². The topological polar surface area (TPSA) is 38.4 Å².